The van der Waals surface area contributed by atoms with Crippen molar-refractivity contribution < 1.29 is 4.79 Å². The second-order valence-electron chi connectivity index (χ2n) is 5.55. The van der Waals surface area contributed by atoms with Crippen LogP contribution in [-0.4, -0.2) is 11.0 Å². The molecule has 122 valence electrons. The van der Waals surface area contributed by atoms with E-state index in [1.165, 1.54) is 4.88 Å². The number of halogens is 1. The van der Waals surface area contributed by atoms with Gasteiger partial charge in [0.05, 0.1) is 5.56 Å². The van der Waals surface area contributed by atoms with Gasteiger partial charge in [-0.3, -0.25) is 10.1 Å². The molecule has 1 aliphatic carbocycles. The Morgan fingerprint density at radius 2 is 2.21 bits per heavy atom. The quantitative estimate of drug-likeness (QED) is 0.711. The number of hydrogen-bond donors (Lipinski definition) is 2. The lowest BCUT2D eigenvalue weighted by Crippen LogP contribution is -2.34. The number of carbonyl (C=O) groups excluding carboxylic acids is 1. The van der Waals surface area contributed by atoms with E-state index in [1.54, 1.807) is 23.5 Å². The highest BCUT2D eigenvalue weighted by atomic mass is 79.9. The van der Waals surface area contributed by atoms with Crippen LogP contribution in [0.1, 0.15) is 38.3 Å². The van der Waals surface area contributed by atoms with E-state index in [2.05, 4.69) is 32.6 Å². The largest absolute Gasteiger partial charge is 0.323 e. The average Bonchev–Trinajstić information content (AvgIpc) is 3.10. The van der Waals surface area contributed by atoms with Crippen molar-refractivity contribution in [1.82, 2.24) is 5.32 Å². The molecule has 0 fully saturated rings. The number of thiophene rings is 1. The van der Waals surface area contributed by atoms with Crippen molar-refractivity contribution in [2.45, 2.75) is 26.2 Å². The lowest BCUT2D eigenvalue weighted by Gasteiger charge is -2.09. The molecule has 7 heteroatoms. The Hall–Kier alpha value is -1.75. The van der Waals surface area contributed by atoms with E-state index >= 15 is 0 Å². The maximum atomic E-state index is 12.3. The summed E-state index contributed by atoms with van der Waals surface area (Å²) in [6.07, 6.45) is 3.04. The van der Waals surface area contributed by atoms with Crippen molar-refractivity contribution in [1.29, 1.82) is 5.26 Å². The number of thiocarbonyl (C=S) groups is 1. The molecule has 1 aromatic heterocycles. The number of benzene rings is 1. The number of nitrogens with one attached hydrogen (secondary N) is 2. The minimum atomic E-state index is -0.282. The van der Waals surface area contributed by atoms with Gasteiger partial charge < -0.3 is 5.32 Å². The Kier molecular flexibility index (Phi) is 4.99. The summed E-state index contributed by atoms with van der Waals surface area (Å²) in [7, 11) is 0. The Morgan fingerprint density at radius 1 is 1.42 bits per heavy atom. The predicted octanol–water partition coefficient (Wildman–Crippen LogP) is 4.31. The first-order valence-corrected chi connectivity index (χ1v) is 9.44. The van der Waals surface area contributed by atoms with Gasteiger partial charge in [-0.1, -0.05) is 22.0 Å². The van der Waals surface area contributed by atoms with E-state index in [0.717, 1.165) is 39.9 Å². The minimum absolute atomic E-state index is 0.202. The highest BCUT2D eigenvalue weighted by Crippen LogP contribution is 2.38. The van der Waals surface area contributed by atoms with Crippen LogP contribution in [0.3, 0.4) is 0 Å². The van der Waals surface area contributed by atoms with Crippen LogP contribution in [0.4, 0.5) is 5.00 Å². The Morgan fingerprint density at radius 3 is 2.92 bits per heavy atom. The lowest BCUT2D eigenvalue weighted by atomic mass is 10.1. The lowest BCUT2D eigenvalue weighted by molar-refractivity contribution is 0.0977. The fourth-order valence-electron chi connectivity index (χ4n) is 2.65. The van der Waals surface area contributed by atoms with Gasteiger partial charge in [-0.05, 0) is 61.7 Å². The first-order valence-electron chi connectivity index (χ1n) is 7.42. The van der Waals surface area contributed by atoms with Crippen molar-refractivity contribution >= 4 is 55.5 Å². The van der Waals surface area contributed by atoms with Gasteiger partial charge in [-0.25, -0.2) is 0 Å². The zero-order valence-corrected chi connectivity index (χ0v) is 16.1. The summed E-state index contributed by atoms with van der Waals surface area (Å²) in [5, 5.41) is 16.0. The highest BCUT2D eigenvalue weighted by Gasteiger charge is 2.22. The van der Waals surface area contributed by atoms with Crippen molar-refractivity contribution in [2.75, 3.05) is 5.32 Å². The topological polar surface area (TPSA) is 64.9 Å². The molecule has 24 heavy (non-hydrogen) atoms. The van der Waals surface area contributed by atoms with Gasteiger partial charge in [0.15, 0.2) is 5.11 Å². The number of amides is 1. The molecule has 1 heterocycles. The molecule has 2 N–H and O–H groups in total. The Labute approximate surface area is 158 Å². The summed E-state index contributed by atoms with van der Waals surface area (Å²) in [6.45, 7) is 1.96. The molecule has 0 bridgehead atoms. The highest BCUT2D eigenvalue weighted by molar-refractivity contribution is 9.10. The molecule has 1 aromatic carbocycles. The van der Waals surface area contributed by atoms with Crippen molar-refractivity contribution in [3.05, 3.63) is 49.8 Å². The zero-order chi connectivity index (χ0) is 17.3. The number of carbonyl (C=O) groups is 1. The summed E-state index contributed by atoms with van der Waals surface area (Å²) in [6, 6.07) is 7.62. The normalized spacial score (nSPS) is 12.4. The van der Waals surface area contributed by atoms with Gasteiger partial charge in [-0.15, -0.1) is 11.3 Å². The zero-order valence-electron chi connectivity index (χ0n) is 12.9. The number of rotatable bonds is 2. The van der Waals surface area contributed by atoms with Crippen LogP contribution in [0, 0.1) is 18.3 Å². The van der Waals surface area contributed by atoms with Gasteiger partial charge in [-0.2, -0.15) is 5.26 Å². The van der Waals surface area contributed by atoms with E-state index in [4.69, 9.17) is 12.2 Å². The number of nitrogens with zero attached hydrogens (tertiary/aromatic N) is 1. The number of hydrogen-bond acceptors (Lipinski definition) is 4. The molecule has 0 radical (unpaired) electrons. The molecule has 0 aliphatic heterocycles. The maximum absolute atomic E-state index is 12.3. The first kappa shape index (κ1) is 17.1. The molecule has 1 amide bonds. The molecule has 0 saturated heterocycles. The fraction of sp³-hybridized carbons (Fsp3) is 0.235. The molecular weight excluding hydrogens is 406 g/mol. The predicted molar refractivity (Wildman–Crippen MR) is 104 cm³/mol. The second-order valence-corrected chi connectivity index (χ2v) is 7.91. The summed E-state index contributed by atoms with van der Waals surface area (Å²) >= 11 is 10.2. The van der Waals surface area contributed by atoms with Crippen LogP contribution < -0.4 is 10.6 Å². The molecule has 0 atom stereocenters. The van der Waals surface area contributed by atoms with Gasteiger partial charge in [0, 0.05) is 14.9 Å². The van der Waals surface area contributed by atoms with Crippen LogP contribution in [0.5, 0.6) is 0 Å². The van der Waals surface area contributed by atoms with E-state index in [0.29, 0.717) is 11.1 Å². The Bertz CT molecular complexity index is 883. The number of fused-ring (bicyclic) bond motifs is 1. The minimum Gasteiger partial charge on any atom is -0.323 e. The molecule has 3 rings (SSSR count). The van der Waals surface area contributed by atoms with Gasteiger partial charge in [0.25, 0.3) is 5.91 Å². The molecule has 2 aromatic rings. The fourth-order valence-corrected chi connectivity index (χ4v) is 4.54. The van der Waals surface area contributed by atoms with Crippen molar-refractivity contribution in [3.8, 4) is 6.07 Å². The van der Waals surface area contributed by atoms with Crippen LogP contribution in [0.15, 0.2) is 22.7 Å². The third kappa shape index (κ3) is 3.36. The first-order chi connectivity index (χ1) is 11.5. The number of aryl methyl sites for hydroxylation is 2. The third-order valence-electron chi connectivity index (χ3n) is 3.92. The molecular formula is C17H14BrN3OS2. The smallest absolute Gasteiger partial charge is 0.257 e. The van der Waals surface area contributed by atoms with E-state index in [9.17, 15) is 10.1 Å². The van der Waals surface area contributed by atoms with E-state index in [1.807, 2.05) is 13.0 Å². The monoisotopic (exact) mass is 419 g/mol. The van der Waals surface area contributed by atoms with Crippen molar-refractivity contribution in [3.63, 3.8) is 0 Å². The van der Waals surface area contributed by atoms with E-state index < -0.39 is 0 Å². The molecule has 0 unspecified atom stereocenters. The summed E-state index contributed by atoms with van der Waals surface area (Å²) in [5.74, 6) is -0.282. The Balaban J connectivity index is 1.71. The van der Waals surface area contributed by atoms with Crippen LogP contribution in [-0.2, 0) is 12.8 Å². The molecule has 0 saturated carbocycles. The SMILES string of the molecule is Cc1ccc(C(=O)NC(=S)Nc2sc3c(c2C#N)CCC3)cc1Br. The maximum Gasteiger partial charge on any atom is 0.257 e. The van der Waals surface area contributed by atoms with Crippen LogP contribution in [0.2, 0.25) is 0 Å². The standard InChI is InChI=1S/C17H14BrN3OS2/c1-9-5-6-10(7-13(9)18)15(22)20-17(23)21-16-12(8-19)11-3-2-4-14(11)24-16/h5-7H,2-4H2,1H3,(H2,20,21,22,23). The molecule has 0 spiro atoms. The van der Waals surface area contributed by atoms with Gasteiger partial charge >= 0.3 is 0 Å². The summed E-state index contributed by atoms with van der Waals surface area (Å²) < 4.78 is 0.871. The second kappa shape index (κ2) is 7.01. The van der Waals surface area contributed by atoms with E-state index in [-0.39, 0.29) is 11.0 Å². The van der Waals surface area contributed by atoms with Crippen LogP contribution in [0.25, 0.3) is 0 Å². The van der Waals surface area contributed by atoms with Crippen LogP contribution >= 0.6 is 39.5 Å². The molecule has 4 nitrogen and oxygen atoms in total. The average molecular weight is 420 g/mol. The number of anilines is 1. The van der Waals surface area contributed by atoms with Gasteiger partial charge in [0.2, 0.25) is 0 Å². The third-order valence-corrected chi connectivity index (χ3v) is 6.19. The van der Waals surface area contributed by atoms with Gasteiger partial charge in [0.1, 0.15) is 11.1 Å². The van der Waals surface area contributed by atoms with Crippen molar-refractivity contribution in [2.24, 2.45) is 0 Å². The summed E-state index contributed by atoms with van der Waals surface area (Å²) in [4.78, 5) is 13.5. The summed E-state index contributed by atoms with van der Waals surface area (Å²) in [5.41, 5.74) is 3.36. The molecule has 1 aliphatic rings. The number of nitriles is 1.